The molecule has 2 fully saturated rings. The van der Waals surface area contributed by atoms with Crippen LogP contribution in [0.1, 0.15) is 46.5 Å². The minimum atomic E-state index is -3.11. The summed E-state index contributed by atoms with van der Waals surface area (Å²) in [4.78, 5) is 0. The third-order valence-electron chi connectivity index (χ3n) is 3.49. The number of hydrogen-bond donors (Lipinski definition) is 1. The van der Waals surface area contributed by atoms with Gasteiger partial charge in [0.05, 0.1) is 5.75 Å². The summed E-state index contributed by atoms with van der Waals surface area (Å²) in [6.07, 6.45) is 4.35. The lowest BCUT2D eigenvalue weighted by molar-refractivity contribution is 0.351. The van der Waals surface area contributed by atoms with E-state index in [2.05, 4.69) is 5.32 Å². The van der Waals surface area contributed by atoms with Gasteiger partial charge in [-0.25, -0.2) is 8.42 Å². The Kier molecular flexibility index (Phi) is 4.04. The van der Waals surface area contributed by atoms with Crippen molar-refractivity contribution in [3.63, 3.8) is 0 Å². The minimum Gasteiger partial charge on any atom is -0.313 e. The van der Waals surface area contributed by atoms with Crippen molar-refractivity contribution in [1.82, 2.24) is 9.62 Å². The Morgan fingerprint density at radius 2 is 1.89 bits per heavy atom. The zero-order valence-electron chi connectivity index (χ0n) is 11.8. The lowest BCUT2D eigenvalue weighted by Gasteiger charge is -2.28. The Morgan fingerprint density at radius 1 is 1.22 bits per heavy atom. The second kappa shape index (κ2) is 5.10. The van der Waals surface area contributed by atoms with Crippen molar-refractivity contribution in [2.45, 2.75) is 58.5 Å². The number of nitrogens with zero attached hydrogens (tertiary/aromatic N) is 1. The molecule has 2 rings (SSSR count). The normalized spacial score (nSPS) is 25.9. The Hall–Kier alpha value is -0.130. The highest BCUT2D eigenvalue weighted by molar-refractivity contribution is 7.89. The minimum absolute atomic E-state index is 0.172. The monoisotopic (exact) mass is 274 g/mol. The van der Waals surface area contributed by atoms with Crippen LogP contribution in [0.5, 0.6) is 0 Å². The van der Waals surface area contributed by atoms with Gasteiger partial charge < -0.3 is 5.32 Å². The van der Waals surface area contributed by atoms with Crippen LogP contribution < -0.4 is 5.32 Å². The first kappa shape index (κ1) is 14.3. The van der Waals surface area contributed by atoms with Crippen LogP contribution in [0.2, 0.25) is 0 Å². The van der Waals surface area contributed by atoms with Gasteiger partial charge >= 0.3 is 0 Å². The Labute approximate surface area is 111 Å². The second-order valence-corrected chi connectivity index (χ2v) is 8.83. The molecule has 0 radical (unpaired) electrons. The van der Waals surface area contributed by atoms with E-state index in [4.69, 9.17) is 0 Å². The summed E-state index contributed by atoms with van der Waals surface area (Å²) in [5, 5.41) is 3.40. The van der Waals surface area contributed by atoms with Crippen molar-refractivity contribution in [3.05, 3.63) is 0 Å². The smallest absolute Gasteiger partial charge is 0.214 e. The molecule has 1 saturated carbocycles. The molecule has 1 N–H and O–H groups in total. The molecule has 0 amide bonds. The quantitative estimate of drug-likeness (QED) is 0.828. The molecule has 0 aromatic carbocycles. The van der Waals surface area contributed by atoms with Crippen LogP contribution in [-0.2, 0) is 10.0 Å². The third kappa shape index (κ3) is 3.93. The van der Waals surface area contributed by atoms with Gasteiger partial charge in [0.25, 0.3) is 0 Å². The number of hydrogen-bond acceptors (Lipinski definition) is 3. The van der Waals surface area contributed by atoms with Gasteiger partial charge in [0, 0.05) is 18.6 Å². The largest absolute Gasteiger partial charge is 0.313 e. The molecule has 0 aromatic heterocycles. The van der Waals surface area contributed by atoms with E-state index in [9.17, 15) is 8.42 Å². The van der Waals surface area contributed by atoms with Gasteiger partial charge in [-0.05, 0) is 37.6 Å². The molecule has 106 valence electrons. The van der Waals surface area contributed by atoms with E-state index in [1.165, 1.54) is 6.42 Å². The molecule has 0 aromatic rings. The van der Waals surface area contributed by atoms with Crippen molar-refractivity contribution in [3.8, 4) is 0 Å². The van der Waals surface area contributed by atoms with Crippen molar-refractivity contribution in [2.75, 3.05) is 18.8 Å². The fraction of sp³-hybridized carbons (Fsp3) is 1.00. The molecule has 4 nitrogen and oxygen atoms in total. The Balaban J connectivity index is 2.04. The van der Waals surface area contributed by atoms with Gasteiger partial charge in [-0.3, -0.25) is 0 Å². The van der Waals surface area contributed by atoms with E-state index in [0.717, 1.165) is 25.8 Å². The fourth-order valence-corrected chi connectivity index (χ4v) is 4.94. The van der Waals surface area contributed by atoms with Gasteiger partial charge in [0.2, 0.25) is 10.0 Å². The average molecular weight is 274 g/mol. The van der Waals surface area contributed by atoms with E-state index in [-0.39, 0.29) is 17.2 Å². The zero-order chi connectivity index (χ0) is 13.4. The van der Waals surface area contributed by atoms with Gasteiger partial charge in [-0.15, -0.1) is 0 Å². The first-order valence-electron chi connectivity index (χ1n) is 7.01. The molecule has 1 unspecified atom stereocenters. The summed E-state index contributed by atoms with van der Waals surface area (Å²) in [5.74, 6) is 0.253. The first-order valence-corrected chi connectivity index (χ1v) is 8.62. The van der Waals surface area contributed by atoms with E-state index >= 15 is 0 Å². The lowest BCUT2D eigenvalue weighted by atomic mass is 10.0. The van der Waals surface area contributed by atoms with Crippen molar-refractivity contribution < 1.29 is 8.42 Å². The molecule has 1 atom stereocenters. The molecule has 2 aliphatic rings. The summed E-state index contributed by atoms with van der Waals surface area (Å²) >= 11 is 0. The standard InChI is InChI=1S/C13H26N2O2S/c1-13(2,3)10-18(16,17)15(12-6-7-12)9-11-5-4-8-14-11/h11-12,14H,4-10H2,1-3H3. The maximum Gasteiger partial charge on any atom is 0.214 e. The summed E-state index contributed by atoms with van der Waals surface area (Å²) in [6, 6.07) is 0.639. The second-order valence-electron chi connectivity index (χ2n) is 6.91. The summed E-state index contributed by atoms with van der Waals surface area (Å²) in [7, 11) is -3.11. The first-order chi connectivity index (χ1) is 8.28. The molecule has 0 spiro atoms. The Bertz CT molecular complexity index is 376. The molecule has 1 heterocycles. The van der Waals surface area contributed by atoms with Crippen LogP contribution >= 0.6 is 0 Å². The summed E-state index contributed by atoms with van der Waals surface area (Å²) in [6.45, 7) is 7.67. The molecule has 0 bridgehead atoms. The SMILES string of the molecule is CC(C)(C)CS(=O)(=O)N(CC1CCCN1)C1CC1. The fourth-order valence-electron chi connectivity index (χ4n) is 2.61. The van der Waals surface area contributed by atoms with Crippen LogP contribution in [0, 0.1) is 5.41 Å². The third-order valence-corrected chi connectivity index (χ3v) is 5.88. The molecule has 5 heteroatoms. The van der Waals surface area contributed by atoms with Gasteiger partial charge in [0.1, 0.15) is 0 Å². The van der Waals surface area contributed by atoms with Crippen LogP contribution in [0.4, 0.5) is 0 Å². The molecule has 1 saturated heterocycles. The summed E-state index contributed by atoms with van der Waals surface area (Å²) < 4.78 is 26.8. The van der Waals surface area contributed by atoms with Gasteiger partial charge in [-0.1, -0.05) is 20.8 Å². The zero-order valence-corrected chi connectivity index (χ0v) is 12.6. The number of rotatable bonds is 5. The predicted molar refractivity (Wildman–Crippen MR) is 74.0 cm³/mol. The summed E-state index contributed by atoms with van der Waals surface area (Å²) in [5.41, 5.74) is -0.172. The maximum atomic E-state index is 12.5. The van der Waals surface area contributed by atoms with Gasteiger partial charge in [-0.2, -0.15) is 4.31 Å². The van der Waals surface area contributed by atoms with E-state index in [1.807, 2.05) is 20.8 Å². The van der Waals surface area contributed by atoms with Crippen LogP contribution in [0.15, 0.2) is 0 Å². The molecule has 1 aliphatic heterocycles. The topological polar surface area (TPSA) is 49.4 Å². The molecular formula is C13H26N2O2S. The number of sulfonamides is 1. The van der Waals surface area contributed by atoms with Crippen molar-refractivity contribution in [1.29, 1.82) is 0 Å². The highest BCUT2D eigenvalue weighted by atomic mass is 32.2. The molecular weight excluding hydrogens is 248 g/mol. The van der Waals surface area contributed by atoms with Gasteiger partial charge in [0.15, 0.2) is 0 Å². The van der Waals surface area contributed by atoms with E-state index < -0.39 is 10.0 Å². The molecule has 18 heavy (non-hydrogen) atoms. The van der Waals surface area contributed by atoms with Crippen LogP contribution in [-0.4, -0.2) is 43.6 Å². The Morgan fingerprint density at radius 3 is 2.33 bits per heavy atom. The molecule has 1 aliphatic carbocycles. The lowest BCUT2D eigenvalue weighted by Crippen LogP contribution is -2.45. The van der Waals surface area contributed by atoms with E-state index in [0.29, 0.717) is 12.6 Å². The van der Waals surface area contributed by atoms with E-state index in [1.54, 1.807) is 4.31 Å². The maximum absolute atomic E-state index is 12.5. The highest BCUT2D eigenvalue weighted by Crippen LogP contribution is 2.32. The average Bonchev–Trinajstić information content (AvgIpc) is 2.88. The van der Waals surface area contributed by atoms with Crippen LogP contribution in [0.25, 0.3) is 0 Å². The highest BCUT2D eigenvalue weighted by Gasteiger charge is 2.40. The van der Waals surface area contributed by atoms with Crippen LogP contribution in [0.3, 0.4) is 0 Å². The van der Waals surface area contributed by atoms with Crippen molar-refractivity contribution in [2.24, 2.45) is 5.41 Å². The van der Waals surface area contributed by atoms with Crippen molar-refractivity contribution >= 4 is 10.0 Å². The predicted octanol–water partition coefficient (Wildman–Crippen LogP) is 1.58. The number of nitrogens with one attached hydrogen (secondary N) is 1.